The summed E-state index contributed by atoms with van der Waals surface area (Å²) in [5.74, 6) is -0.935. The van der Waals surface area contributed by atoms with E-state index in [0.29, 0.717) is 30.8 Å². The molecule has 8 heteroatoms. The quantitative estimate of drug-likeness (QED) is 0.741. The van der Waals surface area contributed by atoms with Gasteiger partial charge in [-0.15, -0.1) is 11.3 Å². The van der Waals surface area contributed by atoms with Crippen LogP contribution in [0.15, 0.2) is 28.5 Å². The van der Waals surface area contributed by atoms with E-state index in [0.717, 1.165) is 21.8 Å². The molecule has 0 amide bonds. The normalized spacial score (nSPS) is 14.4. The number of carboxylic acid groups (broad SMARTS) is 1. The van der Waals surface area contributed by atoms with Crippen molar-refractivity contribution in [1.82, 2.24) is 5.32 Å². The van der Waals surface area contributed by atoms with Gasteiger partial charge < -0.3 is 10.4 Å². The number of nitrogens with one attached hydrogen (secondary N) is 2. The lowest BCUT2D eigenvalue weighted by Gasteiger charge is -2.12. The van der Waals surface area contributed by atoms with Crippen molar-refractivity contribution in [3.63, 3.8) is 0 Å². The van der Waals surface area contributed by atoms with Gasteiger partial charge >= 0.3 is 5.97 Å². The summed E-state index contributed by atoms with van der Waals surface area (Å²) in [5.41, 5.74) is 1.99. The predicted octanol–water partition coefficient (Wildman–Crippen LogP) is 3.02. The van der Waals surface area contributed by atoms with Crippen molar-refractivity contribution in [2.24, 2.45) is 0 Å². The monoisotopic (exact) mass is 380 g/mol. The van der Waals surface area contributed by atoms with E-state index in [-0.39, 0.29) is 15.7 Å². The van der Waals surface area contributed by atoms with Crippen LogP contribution in [-0.4, -0.2) is 26.0 Å². The molecule has 134 valence electrons. The Balaban J connectivity index is 2.02. The average Bonchev–Trinajstić information content (AvgIpc) is 2.95. The first-order chi connectivity index (χ1) is 11.8. The van der Waals surface area contributed by atoms with Crippen LogP contribution in [0.4, 0.5) is 5.69 Å². The highest BCUT2D eigenvalue weighted by Crippen LogP contribution is 2.35. The van der Waals surface area contributed by atoms with Crippen LogP contribution in [0.3, 0.4) is 0 Å². The number of anilines is 1. The zero-order valence-electron chi connectivity index (χ0n) is 14.0. The molecule has 1 aromatic heterocycles. The van der Waals surface area contributed by atoms with E-state index < -0.39 is 16.0 Å². The Morgan fingerprint density at radius 3 is 2.80 bits per heavy atom. The molecule has 2 aromatic rings. The predicted molar refractivity (Wildman–Crippen MR) is 98.0 cm³/mol. The molecular formula is C17H20N2O4S2. The van der Waals surface area contributed by atoms with Crippen molar-refractivity contribution in [3.8, 4) is 0 Å². The molecule has 6 nitrogen and oxygen atoms in total. The smallest absolute Gasteiger partial charge is 0.338 e. The number of hydrogen-bond acceptors (Lipinski definition) is 5. The zero-order valence-corrected chi connectivity index (χ0v) is 15.6. The minimum absolute atomic E-state index is 0.0889. The maximum Gasteiger partial charge on any atom is 0.338 e. The fourth-order valence-electron chi connectivity index (χ4n) is 2.88. The summed E-state index contributed by atoms with van der Waals surface area (Å²) in [7, 11) is -3.97. The molecule has 0 unspecified atom stereocenters. The van der Waals surface area contributed by atoms with Crippen molar-refractivity contribution in [1.29, 1.82) is 0 Å². The third kappa shape index (κ3) is 3.56. The maximum absolute atomic E-state index is 12.8. The number of carboxylic acids is 1. The van der Waals surface area contributed by atoms with Crippen molar-refractivity contribution in [3.05, 3.63) is 45.8 Å². The van der Waals surface area contributed by atoms with Crippen LogP contribution in [0, 0.1) is 0 Å². The molecule has 2 heterocycles. The molecular weight excluding hydrogens is 360 g/mol. The van der Waals surface area contributed by atoms with Gasteiger partial charge in [0.25, 0.3) is 10.0 Å². The molecule has 0 saturated carbocycles. The minimum atomic E-state index is -3.97. The largest absolute Gasteiger partial charge is 0.478 e. The standard InChI is InChI=1S/C17H20N2O4S2/c1-10(2)11-4-3-5-12(8-11)19-25(22,23)17-15(16(20)21)13-6-7-18-9-14(13)24-17/h3-5,8,10,18-19H,6-7,9H2,1-2H3,(H,20,21). The molecule has 1 aliphatic rings. The zero-order chi connectivity index (χ0) is 18.2. The van der Waals surface area contributed by atoms with Crippen LogP contribution in [0.5, 0.6) is 0 Å². The Kier molecular flexibility index (Phi) is 4.86. The van der Waals surface area contributed by atoms with Gasteiger partial charge in [-0.2, -0.15) is 0 Å². The van der Waals surface area contributed by atoms with Crippen LogP contribution in [0.1, 0.15) is 46.1 Å². The summed E-state index contributed by atoms with van der Waals surface area (Å²) in [4.78, 5) is 12.5. The van der Waals surface area contributed by atoms with Gasteiger partial charge in [0.15, 0.2) is 4.21 Å². The van der Waals surface area contributed by atoms with E-state index in [2.05, 4.69) is 10.0 Å². The van der Waals surface area contributed by atoms with Gasteiger partial charge in [-0.3, -0.25) is 4.72 Å². The second-order valence-corrected chi connectivity index (χ2v) is 9.27. The van der Waals surface area contributed by atoms with Crippen molar-refractivity contribution in [2.45, 2.75) is 36.9 Å². The van der Waals surface area contributed by atoms with Crippen LogP contribution in [-0.2, 0) is 23.0 Å². The van der Waals surface area contributed by atoms with E-state index >= 15 is 0 Å². The number of hydrogen-bond donors (Lipinski definition) is 3. The van der Waals surface area contributed by atoms with Gasteiger partial charge in [0, 0.05) is 17.1 Å². The van der Waals surface area contributed by atoms with Crippen molar-refractivity contribution >= 4 is 33.0 Å². The lowest BCUT2D eigenvalue weighted by atomic mass is 10.0. The Labute approximate surface area is 150 Å². The number of fused-ring (bicyclic) bond motifs is 1. The lowest BCUT2D eigenvalue weighted by Crippen LogP contribution is -2.23. The summed E-state index contributed by atoms with van der Waals surface area (Å²) >= 11 is 1.03. The summed E-state index contributed by atoms with van der Waals surface area (Å²) in [6.07, 6.45) is 0.520. The number of thiophene rings is 1. The molecule has 1 aliphatic heterocycles. The van der Waals surface area contributed by atoms with Gasteiger partial charge in [0.05, 0.1) is 5.56 Å². The number of sulfonamides is 1. The number of aromatic carboxylic acids is 1. The summed E-state index contributed by atoms with van der Waals surface area (Å²) in [6.45, 7) is 5.19. The van der Waals surface area contributed by atoms with E-state index in [1.54, 1.807) is 18.2 Å². The van der Waals surface area contributed by atoms with Crippen LogP contribution in [0.2, 0.25) is 0 Å². The highest BCUT2D eigenvalue weighted by Gasteiger charge is 2.32. The number of rotatable bonds is 5. The summed E-state index contributed by atoms with van der Waals surface area (Å²) < 4.78 is 28.1. The minimum Gasteiger partial charge on any atom is -0.478 e. The SMILES string of the molecule is CC(C)c1cccc(NS(=O)(=O)c2sc3c(c2C(=O)O)CCNC3)c1. The van der Waals surface area contributed by atoms with Crippen LogP contribution < -0.4 is 10.0 Å². The van der Waals surface area contributed by atoms with E-state index in [4.69, 9.17) is 0 Å². The molecule has 0 radical (unpaired) electrons. The molecule has 0 atom stereocenters. The highest BCUT2D eigenvalue weighted by atomic mass is 32.2. The van der Waals surface area contributed by atoms with Crippen LogP contribution in [0.25, 0.3) is 0 Å². The Bertz CT molecular complexity index is 917. The first-order valence-electron chi connectivity index (χ1n) is 8.01. The molecule has 25 heavy (non-hydrogen) atoms. The van der Waals surface area contributed by atoms with Crippen LogP contribution >= 0.6 is 11.3 Å². The van der Waals surface area contributed by atoms with Gasteiger partial charge in [-0.1, -0.05) is 26.0 Å². The topological polar surface area (TPSA) is 95.5 Å². The van der Waals surface area contributed by atoms with E-state index in [9.17, 15) is 18.3 Å². The Hall–Kier alpha value is -1.90. The van der Waals surface area contributed by atoms with Crippen molar-refractivity contribution in [2.75, 3.05) is 11.3 Å². The lowest BCUT2D eigenvalue weighted by molar-refractivity contribution is 0.0692. The summed E-state index contributed by atoms with van der Waals surface area (Å²) in [6, 6.07) is 7.16. The fourth-order valence-corrected chi connectivity index (χ4v) is 5.79. The molecule has 3 N–H and O–H groups in total. The molecule has 0 bridgehead atoms. The van der Waals surface area contributed by atoms with Crippen molar-refractivity contribution < 1.29 is 18.3 Å². The molecule has 0 fully saturated rings. The average molecular weight is 380 g/mol. The van der Waals surface area contributed by atoms with E-state index in [1.807, 2.05) is 19.9 Å². The second-order valence-electron chi connectivity index (χ2n) is 6.28. The molecule has 3 rings (SSSR count). The fraction of sp³-hybridized carbons (Fsp3) is 0.353. The third-order valence-electron chi connectivity index (χ3n) is 4.16. The molecule has 0 saturated heterocycles. The Morgan fingerprint density at radius 1 is 1.36 bits per heavy atom. The molecule has 1 aromatic carbocycles. The van der Waals surface area contributed by atoms with Gasteiger partial charge in [0.1, 0.15) is 0 Å². The van der Waals surface area contributed by atoms with E-state index in [1.165, 1.54) is 0 Å². The third-order valence-corrected chi connectivity index (χ3v) is 7.29. The first-order valence-corrected chi connectivity index (χ1v) is 10.3. The number of carbonyl (C=O) groups is 1. The second kappa shape index (κ2) is 6.78. The molecule has 0 aliphatic carbocycles. The first kappa shape index (κ1) is 17.9. The van der Waals surface area contributed by atoms with Gasteiger partial charge in [-0.05, 0) is 42.1 Å². The maximum atomic E-state index is 12.8. The van der Waals surface area contributed by atoms with Gasteiger partial charge in [-0.25, -0.2) is 13.2 Å². The van der Waals surface area contributed by atoms with Gasteiger partial charge in [0.2, 0.25) is 0 Å². The summed E-state index contributed by atoms with van der Waals surface area (Å²) in [5, 5.41) is 12.7. The highest BCUT2D eigenvalue weighted by molar-refractivity contribution is 7.94. The number of benzene rings is 1. The Morgan fingerprint density at radius 2 is 2.12 bits per heavy atom. The molecule has 0 spiro atoms.